The van der Waals surface area contributed by atoms with Gasteiger partial charge < -0.3 is 5.73 Å². The number of rotatable bonds is 2. The van der Waals surface area contributed by atoms with Crippen LogP contribution in [0, 0.1) is 17.1 Å². The van der Waals surface area contributed by atoms with E-state index in [0.29, 0.717) is 21.3 Å². The Bertz CT molecular complexity index is 920. The number of aromatic nitrogens is 2. The van der Waals surface area contributed by atoms with Crippen molar-refractivity contribution in [3.05, 3.63) is 64.6 Å². The second-order valence-corrected chi connectivity index (χ2v) is 5.65. The highest BCUT2D eigenvalue weighted by Gasteiger charge is 2.14. The zero-order chi connectivity index (χ0) is 16.4. The number of nitrogens with zero attached hydrogens (tertiary/aromatic N) is 3. The number of hydrogen-bond acceptors (Lipinski definition) is 4. The molecule has 0 radical (unpaired) electrons. The Kier molecular flexibility index (Phi) is 4.04. The maximum atomic E-state index is 13.5. The Morgan fingerprint density at radius 1 is 1.09 bits per heavy atom. The lowest BCUT2D eigenvalue weighted by atomic mass is 9.99. The van der Waals surface area contributed by atoms with E-state index in [1.165, 1.54) is 6.07 Å². The Morgan fingerprint density at radius 2 is 1.83 bits per heavy atom. The lowest BCUT2D eigenvalue weighted by molar-refractivity contribution is 0.621. The van der Waals surface area contributed by atoms with Crippen LogP contribution in [0.25, 0.3) is 22.4 Å². The molecular weight excluding hydrogens is 359 g/mol. The van der Waals surface area contributed by atoms with Crippen molar-refractivity contribution in [2.45, 2.75) is 0 Å². The number of nitriles is 1. The first-order valence-corrected chi connectivity index (χ1v) is 7.46. The molecule has 2 N–H and O–H groups in total. The first kappa shape index (κ1) is 15.1. The van der Waals surface area contributed by atoms with Gasteiger partial charge in [-0.15, -0.1) is 0 Å². The molecule has 0 bridgehead atoms. The van der Waals surface area contributed by atoms with Crippen LogP contribution in [0.4, 0.5) is 10.2 Å². The van der Waals surface area contributed by atoms with E-state index >= 15 is 0 Å². The fourth-order valence-electron chi connectivity index (χ4n) is 2.24. The number of anilines is 1. The molecule has 0 atom stereocenters. The molecule has 0 aliphatic carbocycles. The Balaban J connectivity index is 2.24. The van der Waals surface area contributed by atoms with Crippen LogP contribution in [0.5, 0.6) is 0 Å². The molecule has 0 unspecified atom stereocenters. The number of nitrogens with two attached hydrogens (primary N) is 1. The second kappa shape index (κ2) is 6.15. The van der Waals surface area contributed by atoms with E-state index in [-0.39, 0.29) is 17.2 Å². The molecule has 0 aliphatic heterocycles. The molecule has 4 nitrogen and oxygen atoms in total. The van der Waals surface area contributed by atoms with E-state index < -0.39 is 0 Å². The predicted octanol–water partition coefficient (Wildman–Crippen LogP) is 4.17. The van der Waals surface area contributed by atoms with Gasteiger partial charge in [-0.2, -0.15) is 5.26 Å². The molecular formula is C17H10BrFN4. The Labute approximate surface area is 140 Å². The number of nitrogen functional groups attached to an aromatic ring is 1. The molecule has 0 saturated carbocycles. The van der Waals surface area contributed by atoms with Gasteiger partial charge in [0.25, 0.3) is 0 Å². The molecule has 0 saturated heterocycles. The first-order chi connectivity index (χ1) is 11.1. The minimum Gasteiger partial charge on any atom is -0.383 e. The van der Waals surface area contributed by atoms with Crippen molar-refractivity contribution in [2.75, 3.05) is 5.73 Å². The molecule has 2 heterocycles. The summed E-state index contributed by atoms with van der Waals surface area (Å²) >= 11 is 3.16. The molecule has 0 aliphatic rings. The van der Waals surface area contributed by atoms with Crippen LogP contribution in [0.15, 0.2) is 53.3 Å². The van der Waals surface area contributed by atoms with Gasteiger partial charge in [0.05, 0.1) is 10.2 Å². The summed E-state index contributed by atoms with van der Waals surface area (Å²) in [5, 5.41) is 9.38. The minimum absolute atomic E-state index is 0.136. The van der Waals surface area contributed by atoms with Crippen molar-refractivity contribution in [1.29, 1.82) is 5.26 Å². The van der Waals surface area contributed by atoms with Crippen molar-refractivity contribution < 1.29 is 4.39 Å². The molecule has 3 rings (SSSR count). The fraction of sp³-hybridized carbons (Fsp3) is 0. The topological polar surface area (TPSA) is 75.6 Å². The van der Waals surface area contributed by atoms with Crippen molar-refractivity contribution >= 4 is 21.7 Å². The number of pyridine rings is 2. The maximum absolute atomic E-state index is 13.5. The molecule has 1 aromatic carbocycles. The van der Waals surface area contributed by atoms with Crippen LogP contribution < -0.4 is 5.73 Å². The smallest absolute Gasteiger partial charge is 0.142 e. The van der Waals surface area contributed by atoms with E-state index in [2.05, 4.69) is 32.0 Å². The number of halogens is 2. The molecule has 23 heavy (non-hydrogen) atoms. The number of hydrogen-bond donors (Lipinski definition) is 1. The van der Waals surface area contributed by atoms with Gasteiger partial charge in [0.2, 0.25) is 0 Å². The van der Waals surface area contributed by atoms with Gasteiger partial charge in [-0.3, -0.25) is 4.98 Å². The van der Waals surface area contributed by atoms with Crippen molar-refractivity contribution in [3.8, 4) is 28.5 Å². The van der Waals surface area contributed by atoms with E-state index in [0.717, 1.165) is 5.56 Å². The standard InChI is InChI=1S/C17H10BrFN4/c18-14-7-11(1-2-15(14)19)12-8-16(10-3-5-22-6-4-10)23-17(21)13(12)9-20/h1-8H,(H2,21,23). The predicted molar refractivity (Wildman–Crippen MR) is 89.7 cm³/mol. The summed E-state index contributed by atoms with van der Waals surface area (Å²) in [7, 11) is 0. The van der Waals surface area contributed by atoms with Gasteiger partial charge in [-0.05, 0) is 51.8 Å². The van der Waals surface area contributed by atoms with E-state index in [9.17, 15) is 9.65 Å². The van der Waals surface area contributed by atoms with Gasteiger partial charge in [-0.25, -0.2) is 9.37 Å². The zero-order valence-electron chi connectivity index (χ0n) is 11.8. The van der Waals surface area contributed by atoms with Crippen LogP contribution in [-0.4, -0.2) is 9.97 Å². The molecule has 112 valence electrons. The van der Waals surface area contributed by atoms with Crippen LogP contribution in [0.1, 0.15) is 5.56 Å². The van der Waals surface area contributed by atoms with Crippen LogP contribution in [0.2, 0.25) is 0 Å². The third-order valence-corrected chi connectivity index (χ3v) is 3.97. The Hall–Kier alpha value is -2.78. The maximum Gasteiger partial charge on any atom is 0.142 e. The summed E-state index contributed by atoms with van der Waals surface area (Å²) in [6.45, 7) is 0. The highest BCUT2D eigenvalue weighted by atomic mass is 79.9. The summed E-state index contributed by atoms with van der Waals surface area (Å²) < 4.78 is 13.8. The average molecular weight is 369 g/mol. The van der Waals surface area contributed by atoms with Crippen LogP contribution >= 0.6 is 15.9 Å². The molecule has 3 aromatic rings. The van der Waals surface area contributed by atoms with Crippen LogP contribution in [-0.2, 0) is 0 Å². The SMILES string of the molecule is N#Cc1c(-c2ccc(F)c(Br)c2)cc(-c2ccncc2)nc1N. The highest BCUT2D eigenvalue weighted by molar-refractivity contribution is 9.10. The molecule has 2 aromatic heterocycles. The lowest BCUT2D eigenvalue weighted by Gasteiger charge is -2.10. The van der Waals surface area contributed by atoms with Gasteiger partial charge >= 0.3 is 0 Å². The fourth-order valence-corrected chi connectivity index (χ4v) is 2.62. The van der Waals surface area contributed by atoms with E-state index in [1.54, 1.807) is 42.7 Å². The van der Waals surface area contributed by atoms with Crippen LogP contribution in [0.3, 0.4) is 0 Å². The van der Waals surface area contributed by atoms with Crippen molar-refractivity contribution in [1.82, 2.24) is 9.97 Å². The summed E-state index contributed by atoms with van der Waals surface area (Å²) in [6, 6.07) is 12.0. The monoisotopic (exact) mass is 368 g/mol. The van der Waals surface area contributed by atoms with Crippen molar-refractivity contribution in [3.63, 3.8) is 0 Å². The third kappa shape index (κ3) is 2.91. The second-order valence-electron chi connectivity index (χ2n) is 4.79. The van der Waals surface area contributed by atoms with Gasteiger partial charge in [0.1, 0.15) is 23.3 Å². The van der Waals surface area contributed by atoms with Gasteiger partial charge in [0.15, 0.2) is 0 Å². The normalized spacial score (nSPS) is 10.3. The molecule has 0 spiro atoms. The molecule has 0 fully saturated rings. The van der Waals surface area contributed by atoms with Crippen molar-refractivity contribution in [2.24, 2.45) is 0 Å². The summed E-state index contributed by atoms with van der Waals surface area (Å²) in [5.41, 5.74) is 8.95. The summed E-state index contributed by atoms with van der Waals surface area (Å²) in [5.74, 6) is -0.235. The first-order valence-electron chi connectivity index (χ1n) is 6.66. The van der Waals surface area contributed by atoms with E-state index in [4.69, 9.17) is 5.73 Å². The van der Waals surface area contributed by atoms with E-state index in [1.807, 2.05) is 0 Å². The lowest BCUT2D eigenvalue weighted by Crippen LogP contribution is -2.00. The Morgan fingerprint density at radius 3 is 2.48 bits per heavy atom. The molecule has 0 amide bonds. The quantitative estimate of drug-likeness (QED) is 0.736. The van der Waals surface area contributed by atoms with Gasteiger partial charge in [0, 0.05) is 23.5 Å². The molecule has 6 heteroatoms. The summed E-state index contributed by atoms with van der Waals surface area (Å²) in [4.78, 5) is 8.25. The van der Waals surface area contributed by atoms with Gasteiger partial charge in [-0.1, -0.05) is 6.07 Å². The highest BCUT2D eigenvalue weighted by Crippen LogP contribution is 2.32. The zero-order valence-corrected chi connectivity index (χ0v) is 13.4. The largest absolute Gasteiger partial charge is 0.383 e. The minimum atomic E-state index is -0.372. The number of benzene rings is 1. The average Bonchev–Trinajstić information content (AvgIpc) is 2.57. The third-order valence-electron chi connectivity index (χ3n) is 3.37. The summed E-state index contributed by atoms with van der Waals surface area (Å²) in [6.07, 6.45) is 3.30.